The standard InChI is InChI=1S/C20H28N2O2.ClH/c1-3-11-22(20(23)17-9-6-8-16(17)13-21)14(2)19-12-15-7-4-5-10-18(15)24-19;/h4-5,7,10,12,14,16-17H,3,6,8-9,11,13,21H2,1-2H3;1H/t14?,16-,17-;/m1./s1. The highest BCUT2D eigenvalue weighted by Crippen LogP contribution is 2.35. The topological polar surface area (TPSA) is 59.5 Å². The lowest BCUT2D eigenvalue weighted by atomic mass is 9.94. The Labute approximate surface area is 156 Å². The van der Waals surface area contributed by atoms with Crippen LogP contribution in [0, 0.1) is 11.8 Å². The monoisotopic (exact) mass is 364 g/mol. The first kappa shape index (κ1) is 19.8. The van der Waals surface area contributed by atoms with Gasteiger partial charge < -0.3 is 15.1 Å². The molecule has 0 bridgehead atoms. The number of rotatable bonds is 6. The molecule has 0 aliphatic heterocycles. The van der Waals surface area contributed by atoms with Gasteiger partial charge in [0.2, 0.25) is 5.91 Å². The smallest absolute Gasteiger partial charge is 0.226 e. The van der Waals surface area contributed by atoms with Crippen LogP contribution in [-0.4, -0.2) is 23.9 Å². The molecule has 0 spiro atoms. The van der Waals surface area contributed by atoms with Crippen molar-refractivity contribution in [3.8, 4) is 0 Å². The van der Waals surface area contributed by atoms with Crippen LogP contribution >= 0.6 is 12.4 Å². The molecule has 1 aromatic carbocycles. The minimum absolute atomic E-state index is 0. The number of carbonyl (C=O) groups is 1. The van der Waals surface area contributed by atoms with E-state index in [1.54, 1.807) is 0 Å². The molecule has 1 aromatic heterocycles. The molecule has 1 fully saturated rings. The van der Waals surface area contributed by atoms with Gasteiger partial charge in [-0.2, -0.15) is 0 Å². The van der Waals surface area contributed by atoms with E-state index in [2.05, 4.69) is 19.9 Å². The molecule has 2 aromatic rings. The van der Waals surface area contributed by atoms with Gasteiger partial charge in [-0.05, 0) is 50.8 Å². The maximum absolute atomic E-state index is 13.2. The van der Waals surface area contributed by atoms with Crippen molar-refractivity contribution in [1.82, 2.24) is 4.90 Å². The third-order valence-electron chi connectivity index (χ3n) is 5.35. The number of para-hydroxylation sites is 1. The van der Waals surface area contributed by atoms with Crippen molar-refractivity contribution in [3.05, 3.63) is 36.1 Å². The number of hydrogen-bond acceptors (Lipinski definition) is 3. The fourth-order valence-electron chi connectivity index (χ4n) is 3.95. The number of hydrogen-bond donors (Lipinski definition) is 1. The predicted molar refractivity (Wildman–Crippen MR) is 104 cm³/mol. The first-order valence-electron chi connectivity index (χ1n) is 9.14. The molecule has 138 valence electrons. The second-order valence-corrected chi connectivity index (χ2v) is 6.93. The second kappa shape index (κ2) is 8.72. The Hall–Kier alpha value is -1.52. The zero-order valence-electron chi connectivity index (χ0n) is 15.1. The number of furan rings is 1. The van der Waals surface area contributed by atoms with Crippen LogP contribution in [0.2, 0.25) is 0 Å². The number of halogens is 1. The van der Waals surface area contributed by atoms with E-state index in [9.17, 15) is 4.79 Å². The summed E-state index contributed by atoms with van der Waals surface area (Å²) in [6, 6.07) is 10.0. The van der Waals surface area contributed by atoms with Gasteiger partial charge in [-0.25, -0.2) is 0 Å². The van der Waals surface area contributed by atoms with Gasteiger partial charge in [0.15, 0.2) is 0 Å². The maximum Gasteiger partial charge on any atom is 0.226 e. The molecular formula is C20H29ClN2O2. The number of amides is 1. The predicted octanol–water partition coefficient (Wildman–Crippen LogP) is 4.53. The lowest BCUT2D eigenvalue weighted by Gasteiger charge is -2.32. The molecule has 0 saturated heterocycles. The molecule has 3 atom stereocenters. The first-order chi connectivity index (χ1) is 11.7. The summed E-state index contributed by atoms with van der Waals surface area (Å²) >= 11 is 0. The number of benzene rings is 1. The van der Waals surface area contributed by atoms with Gasteiger partial charge in [-0.1, -0.05) is 31.5 Å². The Balaban J connectivity index is 0.00000225. The molecule has 1 aliphatic rings. The first-order valence-corrected chi connectivity index (χ1v) is 9.14. The van der Waals surface area contributed by atoms with Crippen molar-refractivity contribution >= 4 is 29.3 Å². The van der Waals surface area contributed by atoms with E-state index in [1.807, 2.05) is 29.2 Å². The van der Waals surface area contributed by atoms with Crippen molar-refractivity contribution in [2.45, 2.75) is 45.6 Å². The second-order valence-electron chi connectivity index (χ2n) is 6.93. The van der Waals surface area contributed by atoms with E-state index >= 15 is 0 Å². The average molecular weight is 365 g/mol. The van der Waals surface area contributed by atoms with E-state index < -0.39 is 0 Å². The normalized spacial score (nSPS) is 21.1. The van der Waals surface area contributed by atoms with Gasteiger partial charge in [0, 0.05) is 17.8 Å². The molecule has 4 nitrogen and oxygen atoms in total. The summed E-state index contributed by atoms with van der Waals surface area (Å²) in [6.45, 7) is 5.54. The van der Waals surface area contributed by atoms with Crippen molar-refractivity contribution < 1.29 is 9.21 Å². The Morgan fingerprint density at radius 2 is 2.12 bits per heavy atom. The Bertz CT molecular complexity index is 667. The molecule has 3 rings (SSSR count). The van der Waals surface area contributed by atoms with E-state index in [4.69, 9.17) is 10.2 Å². The Morgan fingerprint density at radius 3 is 2.80 bits per heavy atom. The van der Waals surface area contributed by atoms with Gasteiger partial charge in [-0.15, -0.1) is 12.4 Å². The van der Waals surface area contributed by atoms with Crippen LogP contribution in [0.5, 0.6) is 0 Å². The maximum atomic E-state index is 13.2. The fraction of sp³-hybridized carbons (Fsp3) is 0.550. The minimum Gasteiger partial charge on any atom is -0.459 e. The summed E-state index contributed by atoms with van der Waals surface area (Å²) in [5.74, 6) is 1.52. The van der Waals surface area contributed by atoms with Crippen LogP contribution in [0.25, 0.3) is 11.0 Å². The third-order valence-corrected chi connectivity index (χ3v) is 5.35. The minimum atomic E-state index is -0.0520. The molecule has 1 amide bonds. The van der Waals surface area contributed by atoms with E-state index in [0.717, 1.165) is 49.0 Å². The summed E-state index contributed by atoms with van der Waals surface area (Å²) < 4.78 is 6.00. The molecule has 1 saturated carbocycles. The van der Waals surface area contributed by atoms with Gasteiger partial charge in [-0.3, -0.25) is 4.79 Å². The summed E-state index contributed by atoms with van der Waals surface area (Å²) in [6.07, 6.45) is 4.09. The van der Waals surface area contributed by atoms with Crippen LogP contribution in [-0.2, 0) is 4.79 Å². The van der Waals surface area contributed by atoms with E-state index in [1.165, 1.54) is 0 Å². The zero-order valence-corrected chi connectivity index (χ0v) is 15.9. The van der Waals surface area contributed by atoms with Crippen LogP contribution < -0.4 is 5.73 Å². The average Bonchev–Trinajstić information content (AvgIpc) is 3.24. The Kier molecular flexibility index (Phi) is 6.91. The van der Waals surface area contributed by atoms with Crippen LogP contribution in [0.3, 0.4) is 0 Å². The van der Waals surface area contributed by atoms with Gasteiger partial charge in [0.05, 0.1) is 6.04 Å². The molecule has 1 heterocycles. The van der Waals surface area contributed by atoms with Crippen molar-refractivity contribution in [2.24, 2.45) is 17.6 Å². The third kappa shape index (κ3) is 4.01. The molecule has 1 unspecified atom stereocenters. The lowest BCUT2D eigenvalue weighted by Crippen LogP contribution is -2.40. The molecule has 5 heteroatoms. The van der Waals surface area contributed by atoms with Crippen molar-refractivity contribution in [3.63, 3.8) is 0 Å². The number of nitrogens with two attached hydrogens (primary N) is 1. The van der Waals surface area contributed by atoms with Gasteiger partial charge >= 0.3 is 0 Å². The molecule has 0 radical (unpaired) electrons. The summed E-state index contributed by atoms with van der Waals surface area (Å²) in [4.78, 5) is 15.2. The van der Waals surface area contributed by atoms with Crippen LogP contribution in [0.15, 0.2) is 34.7 Å². The number of fused-ring (bicyclic) bond motifs is 1. The fourth-order valence-corrected chi connectivity index (χ4v) is 3.95. The molecule has 1 aliphatic carbocycles. The summed E-state index contributed by atoms with van der Waals surface area (Å²) in [5.41, 5.74) is 6.76. The van der Waals surface area contributed by atoms with E-state index in [0.29, 0.717) is 12.5 Å². The largest absolute Gasteiger partial charge is 0.459 e. The molecular weight excluding hydrogens is 336 g/mol. The summed E-state index contributed by atoms with van der Waals surface area (Å²) in [5, 5.41) is 1.09. The van der Waals surface area contributed by atoms with Crippen molar-refractivity contribution in [2.75, 3.05) is 13.1 Å². The zero-order chi connectivity index (χ0) is 17.1. The van der Waals surface area contributed by atoms with Crippen LogP contribution in [0.1, 0.15) is 51.3 Å². The highest BCUT2D eigenvalue weighted by atomic mass is 35.5. The van der Waals surface area contributed by atoms with Gasteiger partial charge in [0.1, 0.15) is 11.3 Å². The van der Waals surface area contributed by atoms with Crippen molar-refractivity contribution in [1.29, 1.82) is 0 Å². The Morgan fingerprint density at radius 1 is 1.36 bits per heavy atom. The quantitative estimate of drug-likeness (QED) is 0.819. The van der Waals surface area contributed by atoms with E-state index in [-0.39, 0.29) is 30.3 Å². The van der Waals surface area contributed by atoms with Crippen LogP contribution in [0.4, 0.5) is 0 Å². The SMILES string of the molecule is CCCN(C(=O)[C@@H]1CCC[C@@H]1CN)C(C)c1cc2ccccc2o1.Cl. The summed E-state index contributed by atoms with van der Waals surface area (Å²) in [7, 11) is 0. The highest BCUT2D eigenvalue weighted by molar-refractivity contribution is 5.85. The molecule has 25 heavy (non-hydrogen) atoms. The number of carbonyl (C=O) groups excluding carboxylic acids is 1. The van der Waals surface area contributed by atoms with Gasteiger partial charge in [0.25, 0.3) is 0 Å². The number of nitrogens with zero attached hydrogens (tertiary/aromatic N) is 1. The highest BCUT2D eigenvalue weighted by Gasteiger charge is 2.36. The lowest BCUT2D eigenvalue weighted by molar-refractivity contribution is -0.139. The molecule has 2 N–H and O–H groups in total.